The highest BCUT2D eigenvalue weighted by molar-refractivity contribution is 7.90. The number of aryl methyl sites for hydroxylation is 1. The molecule has 0 aliphatic heterocycles. The molecule has 12 rings (SSSR count). The number of methoxy groups -OCH3 is 1. The minimum absolute atomic E-state index is 0.0262. The van der Waals surface area contributed by atoms with Crippen molar-refractivity contribution in [2.75, 3.05) is 26.7 Å². The Bertz CT molecular complexity index is 5210. The van der Waals surface area contributed by atoms with Crippen molar-refractivity contribution >= 4 is 69.8 Å². The van der Waals surface area contributed by atoms with Gasteiger partial charge < -0.3 is 25.2 Å². The second kappa shape index (κ2) is 42.8. The lowest BCUT2D eigenvalue weighted by atomic mass is 9.82. The minimum Gasteiger partial charge on any atom is -0.497 e. The standard InChI is InChI=1S/C24H29NO5S.C22H20FNO4S.C22H27NO5S.C21H24FNO4S/c1-18(26)15-19-9-13-23(14-10-19)31(29,30)25(16-20-5-3-2-4-6-20)17-21-7-11-22(12-8-21)24(27)28;1-16-2-12-21(13-3-16)29(27,28)24(15-18-6-10-20(23)11-7-18)14-17-4-8-19(9-5-17)22(25)26;1-28-20-11-7-18(8-12-20)16-23(15-17-5-3-2-4-6-17)29(26,27)21-13-9-19(10-14-21)22(24)25;22-19-12-8-17(9-13-19)15-23(28(26,27)20-4-2-1-3-5-20)14-16-6-10-18(11-7-16)21(24)25/h2-6,9-10,13-14,21-22H,7-8,11-12,15-17H2,1H3,(H,27,28);2-13H,14-15H2,1H3,(H,25,26);7-14,17H,2-6,15-16H2,1H3,(H,24,25);1-5,8-9,12-13,16,18H,6-7,10-11,14-15H2,(H,24,25). The lowest BCUT2D eigenvalue weighted by Gasteiger charge is -2.31. The van der Waals surface area contributed by atoms with Gasteiger partial charge in [-0.05, 0) is 238 Å². The number of carbonyl (C=O) groups excluding carboxylic acids is 1. The number of hydrogen-bond acceptors (Lipinski definition) is 14. The number of carboxylic acid groups (broad SMARTS) is 4. The number of sulfonamides is 4. The summed E-state index contributed by atoms with van der Waals surface area (Å²) in [7, 11) is -13.4. The molecule has 22 nitrogen and oxygen atoms in total. The molecule has 3 aliphatic rings. The smallest absolute Gasteiger partial charge is 0.335 e. The van der Waals surface area contributed by atoms with Crippen LogP contribution in [0.3, 0.4) is 0 Å². The van der Waals surface area contributed by atoms with Crippen LogP contribution in [0.1, 0.15) is 150 Å². The van der Waals surface area contributed by atoms with Crippen molar-refractivity contribution in [3.63, 3.8) is 0 Å². The highest BCUT2D eigenvalue weighted by atomic mass is 32.2. The van der Waals surface area contributed by atoms with Crippen molar-refractivity contribution in [3.8, 4) is 5.75 Å². The van der Waals surface area contributed by atoms with Crippen LogP contribution < -0.4 is 4.74 Å². The van der Waals surface area contributed by atoms with Crippen LogP contribution in [0.5, 0.6) is 5.75 Å². The predicted octanol–water partition coefficient (Wildman–Crippen LogP) is 16.2. The monoisotopic (exact) mass is 1680 g/mol. The van der Waals surface area contributed by atoms with Crippen LogP contribution in [-0.2, 0) is 93.6 Å². The van der Waals surface area contributed by atoms with Crippen molar-refractivity contribution in [2.45, 2.75) is 156 Å². The average molecular weight is 1680 g/mol. The lowest BCUT2D eigenvalue weighted by molar-refractivity contribution is -0.144. The molecule has 3 aliphatic carbocycles. The summed E-state index contributed by atoms with van der Waals surface area (Å²) >= 11 is 0. The van der Waals surface area contributed by atoms with Gasteiger partial charge in [-0.2, -0.15) is 17.2 Å². The molecule has 3 saturated carbocycles. The average Bonchev–Trinajstić information content (AvgIpc) is 0.814. The van der Waals surface area contributed by atoms with Crippen molar-refractivity contribution in [1.82, 2.24) is 17.2 Å². The quantitative estimate of drug-likeness (QED) is 0.0314. The Balaban J connectivity index is 0.000000178. The molecule has 0 bridgehead atoms. The lowest BCUT2D eigenvalue weighted by Crippen LogP contribution is -2.36. The van der Waals surface area contributed by atoms with Gasteiger partial charge in [-0.25, -0.2) is 52.0 Å². The van der Waals surface area contributed by atoms with Gasteiger partial charge in [-0.3, -0.25) is 14.4 Å². The van der Waals surface area contributed by atoms with Crippen LogP contribution in [0.2, 0.25) is 0 Å². The number of Topliss-reactive ketones (excluding diaryl/α,β-unsaturated/α-hetero) is 1. The third kappa shape index (κ3) is 26.9. The minimum atomic E-state index is -3.83. The van der Waals surface area contributed by atoms with Crippen LogP contribution in [0.25, 0.3) is 0 Å². The van der Waals surface area contributed by atoms with Gasteiger partial charge in [-0.1, -0.05) is 146 Å². The van der Waals surface area contributed by atoms with E-state index in [9.17, 15) is 71.5 Å². The third-order valence-electron chi connectivity index (χ3n) is 21.1. The van der Waals surface area contributed by atoms with E-state index in [0.717, 1.165) is 53.7 Å². The van der Waals surface area contributed by atoms with E-state index in [1.54, 1.807) is 122 Å². The Kier molecular flexibility index (Phi) is 33.2. The second-order valence-electron chi connectivity index (χ2n) is 29.8. The molecule has 0 unspecified atom stereocenters. The van der Waals surface area contributed by atoms with E-state index in [1.807, 2.05) is 61.5 Å². The highest BCUT2D eigenvalue weighted by Crippen LogP contribution is 2.35. The number of benzene rings is 9. The Morgan fingerprint density at radius 3 is 1.00 bits per heavy atom. The van der Waals surface area contributed by atoms with Gasteiger partial charge in [0.2, 0.25) is 40.1 Å². The summed E-state index contributed by atoms with van der Waals surface area (Å²) in [5.74, 6) is -3.78. The normalized spacial score (nSPS) is 16.6. The molecule has 0 atom stereocenters. The molecule has 0 aromatic heterocycles. The first-order valence-electron chi connectivity index (χ1n) is 38.7. The molecule has 3 fully saturated rings. The molecule has 0 spiro atoms. The Hall–Kier alpha value is -10.2. The molecule has 28 heteroatoms. The SMILES string of the molecule is CC(=O)Cc1ccc(S(=O)(=O)N(Cc2ccccc2)CC2CCC(C(=O)O)CC2)cc1.COc1ccc(CN(CC2CCCCC2)S(=O)(=O)c2ccc(C(=O)O)cc2)cc1.Cc1ccc(S(=O)(=O)N(Cc2ccc(F)cc2)Cc2ccc(C(=O)O)cc2)cc1.O=C(O)C1CCC(CN(Cc2ccc(F)cc2)S(=O)(=O)c2ccccc2)CC1. The second-order valence-corrected chi connectivity index (χ2v) is 37.6. The van der Waals surface area contributed by atoms with E-state index in [-0.39, 0.29) is 105 Å². The molecule has 4 N–H and O–H groups in total. The van der Waals surface area contributed by atoms with Gasteiger partial charge in [0, 0.05) is 58.8 Å². The summed E-state index contributed by atoms with van der Waals surface area (Å²) < 4.78 is 144. The molecular formula is C89H100F2N4O18S4. The van der Waals surface area contributed by atoms with Gasteiger partial charge >= 0.3 is 23.9 Å². The van der Waals surface area contributed by atoms with Gasteiger partial charge in [0.05, 0.1) is 49.7 Å². The number of carbonyl (C=O) groups is 5. The van der Waals surface area contributed by atoms with Crippen LogP contribution in [0, 0.1) is 48.1 Å². The van der Waals surface area contributed by atoms with Crippen molar-refractivity contribution in [1.29, 1.82) is 0 Å². The Morgan fingerprint density at radius 1 is 0.350 bits per heavy atom. The summed E-state index contributed by atoms with van der Waals surface area (Å²) in [5, 5.41) is 36.5. The summed E-state index contributed by atoms with van der Waals surface area (Å²) in [6.45, 7) is 5.30. The number of rotatable bonds is 31. The zero-order valence-electron chi connectivity index (χ0n) is 65.6. The van der Waals surface area contributed by atoms with Crippen LogP contribution in [0.15, 0.2) is 250 Å². The van der Waals surface area contributed by atoms with Crippen molar-refractivity contribution in [2.24, 2.45) is 29.6 Å². The topological polar surface area (TPSA) is 325 Å². The number of aromatic carboxylic acids is 2. The number of carboxylic acids is 4. The molecule has 9 aromatic carbocycles. The van der Waals surface area contributed by atoms with E-state index >= 15 is 0 Å². The fraction of sp³-hybridized carbons (Fsp3) is 0.337. The first-order valence-corrected chi connectivity index (χ1v) is 44.5. The van der Waals surface area contributed by atoms with Crippen molar-refractivity contribution in [3.05, 3.63) is 292 Å². The fourth-order valence-electron chi connectivity index (χ4n) is 14.4. The summed E-state index contributed by atoms with van der Waals surface area (Å²) in [5.41, 5.74) is 5.70. The number of halogens is 2. The Labute approximate surface area is 684 Å². The third-order valence-corrected chi connectivity index (χ3v) is 28.4. The molecule has 0 heterocycles. The largest absolute Gasteiger partial charge is 0.497 e. The first kappa shape index (κ1) is 90.7. The van der Waals surface area contributed by atoms with E-state index in [0.29, 0.717) is 93.6 Å². The maximum absolute atomic E-state index is 13.5. The maximum atomic E-state index is 13.5. The van der Waals surface area contributed by atoms with Gasteiger partial charge in [-0.15, -0.1) is 0 Å². The van der Waals surface area contributed by atoms with Crippen LogP contribution in [-0.4, -0.2) is 128 Å². The number of aliphatic carboxylic acids is 2. The van der Waals surface area contributed by atoms with E-state index in [1.165, 1.54) is 91.2 Å². The number of hydrogen-bond donors (Lipinski definition) is 4. The molecule has 0 amide bonds. The van der Waals surface area contributed by atoms with E-state index in [2.05, 4.69) is 0 Å². The fourth-order valence-corrected chi connectivity index (χ4v) is 20.3. The molecule has 9 aromatic rings. The molecule has 117 heavy (non-hydrogen) atoms. The maximum Gasteiger partial charge on any atom is 0.335 e. The van der Waals surface area contributed by atoms with Gasteiger partial charge in [0.25, 0.3) is 0 Å². The van der Waals surface area contributed by atoms with Gasteiger partial charge in [0.15, 0.2) is 0 Å². The van der Waals surface area contributed by atoms with Crippen LogP contribution in [0.4, 0.5) is 8.78 Å². The zero-order valence-corrected chi connectivity index (χ0v) is 68.8. The van der Waals surface area contributed by atoms with Crippen molar-refractivity contribution < 1.29 is 91.6 Å². The molecule has 622 valence electrons. The van der Waals surface area contributed by atoms with Gasteiger partial charge in [0.1, 0.15) is 23.2 Å². The van der Waals surface area contributed by atoms with E-state index in [4.69, 9.17) is 20.1 Å². The zero-order chi connectivity index (χ0) is 84.5. The van der Waals surface area contributed by atoms with Crippen LogP contribution >= 0.6 is 0 Å². The highest BCUT2D eigenvalue weighted by Gasteiger charge is 2.35. The van der Waals surface area contributed by atoms with E-state index < -0.39 is 69.8 Å². The molecule has 0 saturated heterocycles. The number of ketones is 1. The predicted molar refractivity (Wildman–Crippen MR) is 439 cm³/mol. The molecule has 0 radical (unpaired) electrons. The summed E-state index contributed by atoms with van der Waals surface area (Å²) in [6.07, 6.45) is 10.9. The first-order chi connectivity index (χ1) is 55.8. The number of ether oxygens (including phenoxy) is 1. The number of nitrogens with zero attached hydrogens (tertiary/aromatic N) is 4. The Morgan fingerprint density at radius 2 is 0.641 bits per heavy atom. The molecular weight excluding hydrogens is 1580 g/mol. The summed E-state index contributed by atoms with van der Waals surface area (Å²) in [4.78, 5) is 56.5. The summed E-state index contributed by atoms with van der Waals surface area (Å²) in [6, 6.07) is 61.1.